The van der Waals surface area contributed by atoms with Crippen molar-refractivity contribution in [3.63, 3.8) is 0 Å². The lowest BCUT2D eigenvalue weighted by Crippen LogP contribution is -2.27. The molecule has 0 fully saturated rings. The Morgan fingerprint density at radius 1 is 1.43 bits per heavy atom. The van der Waals surface area contributed by atoms with Gasteiger partial charge in [0.15, 0.2) is 0 Å². The first-order valence-electron chi connectivity index (χ1n) is 6.66. The molecule has 0 spiro atoms. The van der Waals surface area contributed by atoms with Gasteiger partial charge >= 0.3 is 0 Å². The topological polar surface area (TPSA) is 67.2 Å². The number of aromatic nitrogens is 2. The Hall–Kier alpha value is -2.58. The predicted octanol–water partition coefficient (Wildman–Crippen LogP) is 0.965. The fourth-order valence-electron chi connectivity index (χ4n) is 1.95. The van der Waals surface area contributed by atoms with Crippen molar-refractivity contribution < 1.29 is 9.90 Å². The zero-order valence-electron chi connectivity index (χ0n) is 11.8. The van der Waals surface area contributed by atoms with Gasteiger partial charge in [-0.3, -0.25) is 9.48 Å². The monoisotopic (exact) mass is 283 g/mol. The number of hydrogen-bond acceptors (Lipinski definition) is 3. The first kappa shape index (κ1) is 14.8. The summed E-state index contributed by atoms with van der Waals surface area (Å²) in [7, 11) is 0. The fraction of sp³-hybridized carbons (Fsp3) is 0.250. The van der Waals surface area contributed by atoms with Crippen LogP contribution in [0.5, 0.6) is 0 Å². The van der Waals surface area contributed by atoms with Crippen molar-refractivity contribution in [1.29, 1.82) is 0 Å². The van der Waals surface area contributed by atoms with Crippen LogP contribution < -0.4 is 5.32 Å². The average Bonchev–Trinajstić information content (AvgIpc) is 2.97. The maximum absolute atomic E-state index is 12.1. The molecule has 108 valence electrons. The van der Waals surface area contributed by atoms with E-state index in [-0.39, 0.29) is 12.5 Å². The minimum absolute atomic E-state index is 0.141. The molecular formula is C16H17N3O2. The lowest BCUT2D eigenvalue weighted by atomic mass is 10.1. The van der Waals surface area contributed by atoms with Crippen LogP contribution in [-0.4, -0.2) is 33.9 Å². The van der Waals surface area contributed by atoms with E-state index in [0.717, 1.165) is 11.1 Å². The van der Waals surface area contributed by atoms with Gasteiger partial charge in [-0.05, 0) is 36.8 Å². The number of nitrogens with zero attached hydrogens (tertiary/aromatic N) is 2. The molecule has 0 saturated carbocycles. The Bertz CT molecular complexity index is 667. The summed E-state index contributed by atoms with van der Waals surface area (Å²) < 4.78 is 1.76. The van der Waals surface area contributed by atoms with Gasteiger partial charge in [-0.15, -0.1) is 0 Å². The second kappa shape index (κ2) is 7.27. The van der Waals surface area contributed by atoms with Crippen LogP contribution in [0.15, 0.2) is 36.7 Å². The maximum atomic E-state index is 12.1. The van der Waals surface area contributed by atoms with E-state index in [1.165, 1.54) is 0 Å². The van der Waals surface area contributed by atoms with Gasteiger partial charge in [0, 0.05) is 30.1 Å². The summed E-state index contributed by atoms with van der Waals surface area (Å²) in [6.07, 6.45) is 3.55. The standard InChI is InChI=1S/C16H17N3O2/c1-13-10-14(4-2-9-20)12-15(11-13)16(21)17-6-8-19-7-3-5-18-19/h3,5,7,10-12,20H,6,8-9H2,1H3,(H,17,21). The second-order valence-electron chi connectivity index (χ2n) is 4.57. The quantitative estimate of drug-likeness (QED) is 0.822. The highest BCUT2D eigenvalue weighted by Gasteiger charge is 2.06. The van der Waals surface area contributed by atoms with E-state index in [1.807, 2.05) is 31.3 Å². The van der Waals surface area contributed by atoms with Crippen LogP contribution in [0.25, 0.3) is 0 Å². The number of carbonyl (C=O) groups excluding carboxylic acids is 1. The lowest BCUT2D eigenvalue weighted by Gasteiger charge is -2.07. The Labute approximate surface area is 123 Å². The number of hydrogen-bond donors (Lipinski definition) is 2. The van der Waals surface area contributed by atoms with Crippen molar-refractivity contribution >= 4 is 5.91 Å². The summed E-state index contributed by atoms with van der Waals surface area (Å²) in [6, 6.07) is 7.25. The Balaban J connectivity index is 1.99. The van der Waals surface area contributed by atoms with E-state index < -0.39 is 0 Å². The Kier molecular flexibility index (Phi) is 5.13. The van der Waals surface area contributed by atoms with Gasteiger partial charge in [-0.25, -0.2) is 0 Å². The summed E-state index contributed by atoms with van der Waals surface area (Å²) in [5, 5.41) is 15.6. The number of amides is 1. The van der Waals surface area contributed by atoms with E-state index in [9.17, 15) is 4.79 Å². The van der Waals surface area contributed by atoms with Gasteiger partial charge in [-0.1, -0.05) is 11.8 Å². The summed E-state index contributed by atoms with van der Waals surface area (Å²) >= 11 is 0. The molecule has 1 aromatic heterocycles. The van der Waals surface area contributed by atoms with Crippen LogP contribution in [0.3, 0.4) is 0 Å². The molecule has 1 aromatic carbocycles. The molecular weight excluding hydrogens is 266 g/mol. The van der Waals surface area contributed by atoms with Crippen LogP contribution in [0.2, 0.25) is 0 Å². The summed E-state index contributed by atoms with van der Waals surface area (Å²) in [5.41, 5.74) is 2.25. The molecule has 2 N–H and O–H groups in total. The van der Waals surface area contributed by atoms with Gasteiger partial charge in [-0.2, -0.15) is 5.10 Å². The molecule has 0 aliphatic carbocycles. The van der Waals surface area contributed by atoms with Crippen LogP contribution in [0.1, 0.15) is 21.5 Å². The Morgan fingerprint density at radius 3 is 3.00 bits per heavy atom. The van der Waals surface area contributed by atoms with Gasteiger partial charge in [0.1, 0.15) is 6.61 Å². The third-order valence-electron chi connectivity index (χ3n) is 2.84. The summed E-state index contributed by atoms with van der Waals surface area (Å²) in [6.45, 7) is 2.85. The van der Waals surface area contributed by atoms with Gasteiger partial charge in [0.2, 0.25) is 0 Å². The first-order valence-corrected chi connectivity index (χ1v) is 6.66. The zero-order chi connectivity index (χ0) is 15.1. The predicted molar refractivity (Wildman–Crippen MR) is 79.7 cm³/mol. The van der Waals surface area contributed by atoms with E-state index in [4.69, 9.17) is 5.11 Å². The fourth-order valence-corrected chi connectivity index (χ4v) is 1.95. The highest BCUT2D eigenvalue weighted by molar-refractivity contribution is 5.94. The molecule has 21 heavy (non-hydrogen) atoms. The third-order valence-corrected chi connectivity index (χ3v) is 2.84. The van der Waals surface area contributed by atoms with Gasteiger partial charge in [0.25, 0.3) is 5.91 Å². The molecule has 0 unspecified atom stereocenters. The van der Waals surface area contributed by atoms with Crippen molar-refractivity contribution in [2.75, 3.05) is 13.2 Å². The van der Waals surface area contributed by atoms with E-state index in [0.29, 0.717) is 18.7 Å². The molecule has 0 aliphatic rings. The lowest BCUT2D eigenvalue weighted by molar-refractivity contribution is 0.0952. The van der Waals surface area contributed by atoms with E-state index >= 15 is 0 Å². The molecule has 1 heterocycles. The maximum Gasteiger partial charge on any atom is 0.251 e. The van der Waals surface area contributed by atoms with Crippen molar-refractivity contribution in [3.05, 3.63) is 53.3 Å². The first-order chi connectivity index (χ1) is 10.2. The normalized spacial score (nSPS) is 9.81. The van der Waals surface area contributed by atoms with Crippen molar-refractivity contribution in [3.8, 4) is 11.8 Å². The van der Waals surface area contributed by atoms with Crippen LogP contribution in [0.4, 0.5) is 0 Å². The number of nitrogens with one attached hydrogen (secondary N) is 1. The summed E-state index contributed by atoms with van der Waals surface area (Å²) in [4.78, 5) is 12.1. The number of carbonyl (C=O) groups is 1. The van der Waals surface area contributed by atoms with Gasteiger partial charge in [0.05, 0.1) is 6.54 Å². The molecule has 0 aliphatic heterocycles. The SMILES string of the molecule is Cc1cc(C#CCO)cc(C(=O)NCCn2cccn2)c1. The van der Waals surface area contributed by atoms with Crippen LogP contribution >= 0.6 is 0 Å². The Morgan fingerprint density at radius 2 is 2.29 bits per heavy atom. The molecule has 0 bridgehead atoms. The molecule has 5 heteroatoms. The number of benzene rings is 1. The minimum atomic E-state index is -0.195. The second-order valence-corrected chi connectivity index (χ2v) is 4.57. The van der Waals surface area contributed by atoms with Crippen molar-refractivity contribution in [1.82, 2.24) is 15.1 Å². The number of rotatable bonds is 4. The number of aliphatic hydroxyl groups is 1. The van der Waals surface area contributed by atoms with Gasteiger partial charge < -0.3 is 10.4 Å². The molecule has 0 atom stereocenters. The van der Waals surface area contributed by atoms with Crippen LogP contribution in [0, 0.1) is 18.8 Å². The molecule has 0 saturated heterocycles. The smallest absolute Gasteiger partial charge is 0.251 e. The third kappa shape index (κ3) is 4.48. The molecule has 1 amide bonds. The zero-order valence-corrected chi connectivity index (χ0v) is 11.8. The molecule has 0 radical (unpaired) electrons. The summed E-state index contributed by atoms with van der Waals surface area (Å²) in [5.74, 6) is 5.26. The largest absolute Gasteiger partial charge is 0.384 e. The van der Waals surface area contributed by atoms with Crippen LogP contribution in [-0.2, 0) is 6.54 Å². The number of aryl methyl sites for hydroxylation is 1. The number of aliphatic hydroxyl groups excluding tert-OH is 1. The molecule has 5 nitrogen and oxygen atoms in total. The van der Waals surface area contributed by atoms with E-state index in [1.54, 1.807) is 16.9 Å². The minimum Gasteiger partial charge on any atom is -0.384 e. The molecule has 2 rings (SSSR count). The molecule has 2 aromatic rings. The van der Waals surface area contributed by atoms with E-state index in [2.05, 4.69) is 22.3 Å². The highest BCUT2D eigenvalue weighted by Crippen LogP contribution is 2.09. The van der Waals surface area contributed by atoms with Crippen molar-refractivity contribution in [2.24, 2.45) is 0 Å². The highest BCUT2D eigenvalue weighted by atomic mass is 16.2. The average molecular weight is 283 g/mol. The van der Waals surface area contributed by atoms with Crippen molar-refractivity contribution in [2.45, 2.75) is 13.5 Å².